The summed E-state index contributed by atoms with van der Waals surface area (Å²) in [6.45, 7) is 1.93. The predicted octanol–water partition coefficient (Wildman–Crippen LogP) is 5.91. The lowest BCUT2D eigenvalue weighted by Crippen LogP contribution is -2.59. The van der Waals surface area contributed by atoms with Crippen LogP contribution in [0.15, 0.2) is 71.6 Å². The molecule has 0 saturated carbocycles. The average Bonchev–Trinajstić information content (AvgIpc) is 3.35. The van der Waals surface area contributed by atoms with Gasteiger partial charge < -0.3 is 15.2 Å². The molecule has 1 saturated heterocycles. The Morgan fingerprint density at radius 2 is 1.69 bits per heavy atom. The average molecular weight is 645 g/mol. The summed E-state index contributed by atoms with van der Waals surface area (Å²) in [7, 11) is -4.79. The van der Waals surface area contributed by atoms with E-state index in [2.05, 4.69) is 10.1 Å². The molecule has 1 aliphatic rings. The number of rotatable bonds is 9. The summed E-state index contributed by atoms with van der Waals surface area (Å²) in [4.78, 5) is 26.0. The SMILES string of the molecule is C[C@@]1(C(=O)N(C(Cc2ccc(-c3ccccc3OC(F)(F)F)cc2)C(=O)O)S(=O)(=O)c2cc(Cl)cc(Cl)c2)CCCN1. The van der Waals surface area contributed by atoms with Gasteiger partial charge in [-0.3, -0.25) is 4.79 Å². The van der Waals surface area contributed by atoms with Crippen LogP contribution in [0.5, 0.6) is 5.75 Å². The number of halogens is 5. The van der Waals surface area contributed by atoms with Crippen LogP contribution in [0.4, 0.5) is 13.2 Å². The number of amides is 1. The minimum Gasteiger partial charge on any atom is -0.480 e. The molecule has 224 valence electrons. The molecule has 0 radical (unpaired) electrons. The van der Waals surface area contributed by atoms with Crippen molar-refractivity contribution in [2.45, 2.75) is 49.0 Å². The second kappa shape index (κ2) is 12.1. The zero-order valence-electron chi connectivity index (χ0n) is 22.0. The number of aliphatic carboxylic acids is 1. The minimum atomic E-state index is -4.91. The number of para-hydroxylation sites is 1. The van der Waals surface area contributed by atoms with Crippen LogP contribution < -0.4 is 10.1 Å². The van der Waals surface area contributed by atoms with Crippen LogP contribution in [0.3, 0.4) is 0 Å². The Morgan fingerprint density at radius 3 is 2.24 bits per heavy atom. The molecular weight excluding hydrogens is 620 g/mol. The lowest BCUT2D eigenvalue weighted by atomic mass is 9.97. The molecular formula is C28H25Cl2F3N2O6S. The molecule has 8 nitrogen and oxygen atoms in total. The van der Waals surface area contributed by atoms with Crippen molar-refractivity contribution in [2.24, 2.45) is 0 Å². The maximum atomic E-state index is 13.9. The summed E-state index contributed by atoms with van der Waals surface area (Å²) in [6, 6.07) is 12.8. The van der Waals surface area contributed by atoms with Crippen molar-refractivity contribution in [1.29, 1.82) is 0 Å². The van der Waals surface area contributed by atoms with Crippen LogP contribution in [-0.4, -0.2) is 54.2 Å². The first-order chi connectivity index (χ1) is 19.6. The van der Waals surface area contributed by atoms with Gasteiger partial charge in [-0.05, 0) is 61.7 Å². The van der Waals surface area contributed by atoms with Gasteiger partial charge in [0.25, 0.3) is 15.9 Å². The Labute approximate surface area is 250 Å². The van der Waals surface area contributed by atoms with Crippen molar-refractivity contribution in [2.75, 3.05) is 6.54 Å². The molecule has 2 N–H and O–H groups in total. The standard InChI is InChI=1S/C28H25Cl2F3N2O6S/c1-27(11-4-12-34-27)26(38)35(42(39,40)21-15-19(29)14-20(30)16-21)23(25(36)37)13-17-7-9-18(10-8-17)22-5-2-3-6-24(22)41-28(31,32)33/h2-3,5-10,14-16,23,34H,4,11-13H2,1H3,(H,36,37)/t23?,27-/m0/s1. The first-order valence-corrected chi connectivity index (χ1v) is 14.8. The van der Waals surface area contributed by atoms with Gasteiger partial charge in [-0.15, -0.1) is 13.2 Å². The topological polar surface area (TPSA) is 113 Å². The molecule has 2 atom stereocenters. The third-order valence-corrected chi connectivity index (χ3v) is 9.01. The number of benzene rings is 3. The number of alkyl halides is 3. The van der Waals surface area contributed by atoms with E-state index >= 15 is 0 Å². The molecule has 1 heterocycles. The van der Waals surface area contributed by atoms with E-state index in [0.29, 0.717) is 28.4 Å². The summed E-state index contributed by atoms with van der Waals surface area (Å²) in [5.41, 5.74) is -0.576. The van der Waals surface area contributed by atoms with Gasteiger partial charge in [-0.2, -0.15) is 0 Å². The van der Waals surface area contributed by atoms with Gasteiger partial charge in [0.1, 0.15) is 11.8 Å². The lowest BCUT2D eigenvalue weighted by molar-refractivity contribution is -0.274. The molecule has 1 unspecified atom stereocenters. The van der Waals surface area contributed by atoms with Crippen molar-refractivity contribution in [3.05, 3.63) is 82.3 Å². The third-order valence-electron chi connectivity index (χ3n) is 6.81. The van der Waals surface area contributed by atoms with Gasteiger partial charge in [0.15, 0.2) is 0 Å². The number of carbonyl (C=O) groups is 2. The van der Waals surface area contributed by atoms with E-state index in [4.69, 9.17) is 23.2 Å². The number of hydrogen-bond donors (Lipinski definition) is 2. The Balaban J connectivity index is 1.73. The highest BCUT2D eigenvalue weighted by Crippen LogP contribution is 2.35. The zero-order chi connectivity index (χ0) is 30.9. The molecule has 3 aromatic carbocycles. The fourth-order valence-electron chi connectivity index (χ4n) is 4.76. The number of carboxylic acid groups (broad SMARTS) is 1. The summed E-state index contributed by atoms with van der Waals surface area (Å²) in [5.74, 6) is -2.98. The first kappa shape index (κ1) is 31.6. The van der Waals surface area contributed by atoms with Crippen LogP contribution in [0.25, 0.3) is 11.1 Å². The van der Waals surface area contributed by atoms with E-state index in [9.17, 15) is 36.3 Å². The lowest BCUT2D eigenvalue weighted by Gasteiger charge is -2.35. The molecule has 0 bridgehead atoms. The van der Waals surface area contributed by atoms with E-state index in [-0.39, 0.29) is 22.0 Å². The Hall–Kier alpha value is -3.32. The number of nitrogens with one attached hydrogen (secondary N) is 1. The van der Waals surface area contributed by atoms with Crippen molar-refractivity contribution in [1.82, 2.24) is 9.62 Å². The Morgan fingerprint density at radius 1 is 1.07 bits per heavy atom. The number of sulfonamides is 1. The number of nitrogens with zero attached hydrogens (tertiary/aromatic N) is 1. The van der Waals surface area contributed by atoms with Gasteiger partial charge in [0.2, 0.25) is 0 Å². The second-order valence-corrected chi connectivity index (χ2v) is 12.6. The molecule has 0 aromatic heterocycles. The largest absolute Gasteiger partial charge is 0.573 e. The Bertz CT molecular complexity index is 1570. The van der Waals surface area contributed by atoms with Crippen LogP contribution in [0.1, 0.15) is 25.3 Å². The monoisotopic (exact) mass is 644 g/mol. The van der Waals surface area contributed by atoms with Gasteiger partial charge >= 0.3 is 12.3 Å². The van der Waals surface area contributed by atoms with Gasteiger partial charge in [0.05, 0.1) is 10.4 Å². The van der Waals surface area contributed by atoms with Crippen LogP contribution in [0, 0.1) is 0 Å². The summed E-state index contributed by atoms with van der Waals surface area (Å²) >= 11 is 12.1. The highest BCUT2D eigenvalue weighted by molar-refractivity contribution is 7.89. The summed E-state index contributed by atoms with van der Waals surface area (Å²) in [6.07, 6.45) is -4.51. The maximum absolute atomic E-state index is 13.9. The molecule has 1 fully saturated rings. The van der Waals surface area contributed by atoms with Crippen molar-refractivity contribution in [3.8, 4) is 16.9 Å². The van der Waals surface area contributed by atoms with Crippen LogP contribution in [0.2, 0.25) is 10.0 Å². The van der Waals surface area contributed by atoms with Gasteiger partial charge in [-0.1, -0.05) is 65.7 Å². The number of hydrogen-bond acceptors (Lipinski definition) is 6. The zero-order valence-corrected chi connectivity index (χ0v) is 24.3. The van der Waals surface area contributed by atoms with Crippen molar-refractivity contribution in [3.63, 3.8) is 0 Å². The van der Waals surface area contributed by atoms with E-state index in [0.717, 1.165) is 18.2 Å². The molecule has 0 spiro atoms. The number of ether oxygens (including phenoxy) is 1. The van der Waals surface area contributed by atoms with Crippen molar-refractivity contribution >= 4 is 45.1 Å². The molecule has 4 rings (SSSR count). The molecule has 42 heavy (non-hydrogen) atoms. The smallest absolute Gasteiger partial charge is 0.480 e. The first-order valence-electron chi connectivity index (χ1n) is 12.6. The van der Waals surface area contributed by atoms with E-state index < -0.39 is 56.9 Å². The normalized spacial score (nSPS) is 18.0. The van der Waals surface area contributed by atoms with Gasteiger partial charge in [-0.25, -0.2) is 17.5 Å². The molecule has 0 aliphatic carbocycles. The van der Waals surface area contributed by atoms with Gasteiger partial charge in [0, 0.05) is 22.0 Å². The summed E-state index contributed by atoms with van der Waals surface area (Å²) in [5, 5.41) is 13.1. The Kier molecular flexibility index (Phi) is 9.12. The highest BCUT2D eigenvalue weighted by atomic mass is 35.5. The fraction of sp³-hybridized carbons (Fsp3) is 0.286. The maximum Gasteiger partial charge on any atom is 0.573 e. The predicted molar refractivity (Wildman–Crippen MR) is 150 cm³/mol. The van der Waals surface area contributed by atoms with E-state index in [1.807, 2.05) is 0 Å². The molecule has 1 aliphatic heterocycles. The van der Waals surface area contributed by atoms with E-state index in [1.165, 1.54) is 55.5 Å². The molecule has 14 heteroatoms. The van der Waals surface area contributed by atoms with Crippen LogP contribution in [-0.2, 0) is 26.0 Å². The molecule has 3 aromatic rings. The highest BCUT2D eigenvalue weighted by Gasteiger charge is 2.48. The van der Waals surface area contributed by atoms with Crippen LogP contribution >= 0.6 is 23.2 Å². The third kappa shape index (κ3) is 7.00. The number of carbonyl (C=O) groups excluding carboxylic acids is 1. The molecule has 1 amide bonds. The summed E-state index contributed by atoms with van der Waals surface area (Å²) < 4.78 is 70.9. The minimum absolute atomic E-state index is 0.0316. The second-order valence-electron chi connectivity index (χ2n) is 9.87. The van der Waals surface area contributed by atoms with E-state index in [1.54, 1.807) is 0 Å². The van der Waals surface area contributed by atoms with Crippen molar-refractivity contribution < 1.29 is 41.0 Å². The quantitative estimate of drug-likeness (QED) is 0.298. The fourth-order valence-corrected chi connectivity index (χ4v) is 7.12. The number of carboxylic acids is 1.